The molecule has 2 aromatic rings. The molecule has 2 heterocycles. The van der Waals surface area contributed by atoms with Crippen LogP contribution >= 0.6 is 24.0 Å². The van der Waals surface area contributed by atoms with Gasteiger partial charge in [-0.25, -0.2) is 0 Å². The molecule has 0 saturated carbocycles. The maximum atomic E-state index is 5.75. The number of aliphatic imine (C=N–C) groups is 1. The lowest BCUT2D eigenvalue weighted by Gasteiger charge is -2.33. The topological polar surface area (TPSA) is 56.0 Å². The van der Waals surface area contributed by atoms with Crippen LogP contribution in [0.2, 0.25) is 0 Å². The summed E-state index contributed by atoms with van der Waals surface area (Å²) in [5, 5.41) is 6.99. The van der Waals surface area contributed by atoms with Crippen molar-refractivity contribution in [2.45, 2.75) is 38.4 Å². The zero-order valence-electron chi connectivity index (χ0n) is 18.4. The van der Waals surface area contributed by atoms with E-state index in [0.717, 1.165) is 44.4 Å². The van der Waals surface area contributed by atoms with Crippen molar-refractivity contribution in [2.24, 2.45) is 4.99 Å². The van der Waals surface area contributed by atoms with Crippen molar-refractivity contribution in [3.63, 3.8) is 0 Å². The maximum absolute atomic E-state index is 5.75. The Balaban J connectivity index is 0.00000320. The zero-order valence-corrected chi connectivity index (χ0v) is 20.8. The summed E-state index contributed by atoms with van der Waals surface area (Å²) in [7, 11) is 6.02. The second kappa shape index (κ2) is 13.0. The van der Waals surface area contributed by atoms with Crippen LogP contribution < -0.4 is 10.6 Å². The van der Waals surface area contributed by atoms with Crippen molar-refractivity contribution in [2.75, 3.05) is 40.8 Å². The van der Waals surface area contributed by atoms with E-state index in [1.54, 1.807) is 6.26 Å². The summed E-state index contributed by atoms with van der Waals surface area (Å²) in [5.74, 6) is 1.84. The van der Waals surface area contributed by atoms with E-state index in [9.17, 15) is 0 Å². The van der Waals surface area contributed by atoms with E-state index in [4.69, 9.17) is 4.42 Å². The maximum Gasteiger partial charge on any atom is 0.191 e. The van der Waals surface area contributed by atoms with Gasteiger partial charge in [-0.3, -0.25) is 9.89 Å². The summed E-state index contributed by atoms with van der Waals surface area (Å²) in [4.78, 5) is 9.14. The molecule has 1 aromatic carbocycles. The molecule has 1 aromatic heterocycles. The molecule has 1 aliphatic heterocycles. The molecule has 1 saturated heterocycles. The summed E-state index contributed by atoms with van der Waals surface area (Å²) in [6.45, 7) is 4.69. The molecule has 0 radical (unpaired) electrons. The molecule has 1 atom stereocenters. The number of hydrogen-bond acceptors (Lipinski definition) is 4. The standard InChI is InChI=1S/C23H35N5O.HI/c1-24-23(25-16-19-10-5-6-11-20(19)18-27(2)3)26-17-21(22-12-9-15-29-22)28-13-7-4-8-14-28;/h5-6,9-12,15,21H,4,7-8,13-14,16-18H2,1-3H3,(H2,24,25,26);1H. The van der Waals surface area contributed by atoms with Crippen LogP contribution in [-0.4, -0.2) is 56.5 Å². The number of hydrogen-bond donors (Lipinski definition) is 2. The van der Waals surface area contributed by atoms with Crippen molar-refractivity contribution < 1.29 is 4.42 Å². The molecule has 30 heavy (non-hydrogen) atoms. The SMILES string of the molecule is CN=C(NCc1ccccc1CN(C)C)NCC(c1ccco1)N1CCCCC1.I. The van der Waals surface area contributed by atoms with E-state index in [-0.39, 0.29) is 30.0 Å². The summed E-state index contributed by atoms with van der Waals surface area (Å²) in [6.07, 6.45) is 5.60. The lowest BCUT2D eigenvalue weighted by Crippen LogP contribution is -2.44. The van der Waals surface area contributed by atoms with Crippen molar-refractivity contribution in [1.82, 2.24) is 20.4 Å². The molecule has 0 amide bonds. The van der Waals surface area contributed by atoms with Crippen LogP contribution in [0.15, 0.2) is 52.1 Å². The number of nitrogens with one attached hydrogen (secondary N) is 2. The number of rotatable bonds is 8. The first-order valence-corrected chi connectivity index (χ1v) is 10.6. The van der Waals surface area contributed by atoms with Crippen LogP contribution in [0.5, 0.6) is 0 Å². The van der Waals surface area contributed by atoms with Gasteiger partial charge in [0.05, 0.1) is 12.3 Å². The summed E-state index contributed by atoms with van der Waals surface area (Å²) in [6, 6.07) is 12.8. The van der Waals surface area contributed by atoms with Gasteiger partial charge in [0.2, 0.25) is 0 Å². The number of guanidine groups is 1. The fourth-order valence-corrected chi connectivity index (χ4v) is 3.94. The predicted molar refractivity (Wildman–Crippen MR) is 134 cm³/mol. The lowest BCUT2D eigenvalue weighted by atomic mass is 10.1. The first-order chi connectivity index (χ1) is 14.2. The van der Waals surface area contributed by atoms with E-state index in [2.05, 4.69) is 69.9 Å². The molecule has 0 bridgehead atoms. The van der Waals surface area contributed by atoms with Crippen molar-refractivity contribution in [1.29, 1.82) is 0 Å². The van der Waals surface area contributed by atoms with Gasteiger partial charge in [0.25, 0.3) is 0 Å². The molecule has 1 fully saturated rings. The van der Waals surface area contributed by atoms with Gasteiger partial charge in [-0.1, -0.05) is 30.7 Å². The first kappa shape index (κ1) is 24.7. The minimum Gasteiger partial charge on any atom is -0.468 e. The largest absolute Gasteiger partial charge is 0.468 e. The van der Waals surface area contributed by atoms with E-state index in [0.29, 0.717) is 0 Å². The molecule has 1 aliphatic rings. The minimum absolute atomic E-state index is 0. The Bertz CT molecular complexity index is 757. The molecular formula is C23H36IN5O. The van der Waals surface area contributed by atoms with Gasteiger partial charge in [-0.15, -0.1) is 24.0 Å². The fraction of sp³-hybridized carbons (Fsp3) is 0.522. The zero-order chi connectivity index (χ0) is 20.5. The van der Waals surface area contributed by atoms with Crippen LogP contribution in [0.1, 0.15) is 42.2 Å². The van der Waals surface area contributed by atoms with Crippen molar-refractivity contribution in [3.05, 3.63) is 59.5 Å². The van der Waals surface area contributed by atoms with Crippen molar-refractivity contribution >= 4 is 29.9 Å². The Morgan fingerprint density at radius 3 is 2.43 bits per heavy atom. The molecule has 1 unspecified atom stereocenters. The average Bonchev–Trinajstić information content (AvgIpc) is 3.26. The third-order valence-electron chi connectivity index (χ3n) is 5.44. The van der Waals surface area contributed by atoms with Gasteiger partial charge in [0.1, 0.15) is 5.76 Å². The predicted octanol–water partition coefficient (Wildman–Crippen LogP) is 3.85. The lowest BCUT2D eigenvalue weighted by molar-refractivity contribution is 0.146. The van der Waals surface area contributed by atoms with Crippen molar-refractivity contribution in [3.8, 4) is 0 Å². The highest BCUT2D eigenvalue weighted by atomic mass is 127. The second-order valence-electron chi connectivity index (χ2n) is 7.94. The third-order valence-corrected chi connectivity index (χ3v) is 5.44. The number of piperidine rings is 1. The van der Waals surface area contributed by atoms with Crippen LogP contribution in [0.25, 0.3) is 0 Å². The molecule has 2 N–H and O–H groups in total. The monoisotopic (exact) mass is 525 g/mol. The van der Waals surface area contributed by atoms with Gasteiger partial charge in [0.15, 0.2) is 5.96 Å². The summed E-state index contributed by atoms with van der Waals surface area (Å²) < 4.78 is 5.75. The molecule has 3 rings (SSSR count). The van der Waals surface area contributed by atoms with E-state index < -0.39 is 0 Å². The second-order valence-corrected chi connectivity index (χ2v) is 7.94. The smallest absolute Gasteiger partial charge is 0.191 e. The van der Waals surface area contributed by atoms with E-state index >= 15 is 0 Å². The van der Waals surface area contributed by atoms with E-state index in [1.165, 1.54) is 30.4 Å². The van der Waals surface area contributed by atoms with Gasteiger partial charge < -0.3 is 20.0 Å². The van der Waals surface area contributed by atoms with Gasteiger partial charge in [-0.2, -0.15) is 0 Å². The van der Waals surface area contributed by atoms with Crippen LogP contribution in [-0.2, 0) is 13.1 Å². The highest BCUT2D eigenvalue weighted by Gasteiger charge is 2.24. The normalized spacial score (nSPS) is 16.2. The van der Waals surface area contributed by atoms with Gasteiger partial charge in [0, 0.05) is 26.7 Å². The van der Waals surface area contributed by atoms with Crippen LogP contribution in [0.3, 0.4) is 0 Å². The molecule has 0 spiro atoms. The average molecular weight is 525 g/mol. The molecule has 7 heteroatoms. The minimum atomic E-state index is 0. The van der Waals surface area contributed by atoms with Crippen LogP contribution in [0, 0.1) is 0 Å². The van der Waals surface area contributed by atoms with Gasteiger partial charge in [-0.05, 0) is 63.3 Å². The summed E-state index contributed by atoms with van der Waals surface area (Å²) in [5.41, 5.74) is 2.63. The fourth-order valence-electron chi connectivity index (χ4n) is 3.94. The molecular weight excluding hydrogens is 489 g/mol. The molecule has 166 valence electrons. The van der Waals surface area contributed by atoms with E-state index in [1.807, 2.05) is 13.1 Å². The first-order valence-electron chi connectivity index (χ1n) is 10.6. The third kappa shape index (κ3) is 7.28. The molecule has 0 aliphatic carbocycles. The Kier molecular flexibility index (Phi) is 10.7. The Hall–Kier alpha value is -1.58. The highest BCUT2D eigenvalue weighted by Crippen LogP contribution is 2.24. The Morgan fingerprint density at radius 1 is 1.07 bits per heavy atom. The molecule has 6 nitrogen and oxygen atoms in total. The van der Waals surface area contributed by atoms with Gasteiger partial charge >= 0.3 is 0 Å². The quantitative estimate of drug-likeness (QED) is 0.312. The Labute approximate surface area is 198 Å². The highest BCUT2D eigenvalue weighted by molar-refractivity contribution is 14.0. The Morgan fingerprint density at radius 2 is 1.80 bits per heavy atom. The number of halogens is 1. The van der Waals surface area contributed by atoms with Crippen LogP contribution in [0.4, 0.5) is 0 Å². The number of nitrogens with zero attached hydrogens (tertiary/aromatic N) is 3. The number of benzene rings is 1. The number of furan rings is 1. The number of likely N-dealkylation sites (tertiary alicyclic amines) is 1. The summed E-state index contributed by atoms with van der Waals surface area (Å²) >= 11 is 0.